The molecule has 0 fully saturated rings. The molecule has 3 aromatic carbocycles. The molecule has 2 nitrogen and oxygen atoms in total. The van der Waals surface area contributed by atoms with Gasteiger partial charge in [0, 0.05) is 21.3 Å². The van der Waals surface area contributed by atoms with Crippen LogP contribution in [-0.2, 0) is 0 Å². The molecule has 126 valence electrons. The summed E-state index contributed by atoms with van der Waals surface area (Å²) in [5.74, 6) is -2.98. The third-order valence-corrected chi connectivity index (χ3v) is 4.14. The van der Waals surface area contributed by atoms with Gasteiger partial charge >= 0.3 is 0 Å². The molecule has 0 heterocycles. The van der Waals surface area contributed by atoms with E-state index in [-0.39, 0.29) is 5.56 Å². The molecule has 0 aliphatic rings. The van der Waals surface area contributed by atoms with Crippen LogP contribution >= 0.6 is 23.2 Å². The normalized spacial score (nSPS) is 10.6. The maximum absolute atomic E-state index is 13.7. The maximum Gasteiger partial charge on any atom is 0.258 e. The number of benzene rings is 3. The highest BCUT2D eigenvalue weighted by molar-refractivity contribution is 6.35. The van der Waals surface area contributed by atoms with Crippen molar-refractivity contribution in [2.75, 3.05) is 5.32 Å². The smallest absolute Gasteiger partial charge is 0.258 e. The van der Waals surface area contributed by atoms with E-state index < -0.39 is 17.5 Å². The van der Waals surface area contributed by atoms with Gasteiger partial charge in [0.15, 0.2) is 11.6 Å². The van der Waals surface area contributed by atoms with Crippen molar-refractivity contribution >= 4 is 34.8 Å². The highest BCUT2D eigenvalue weighted by Crippen LogP contribution is 2.31. The van der Waals surface area contributed by atoms with Crippen LogP contribution in [0.1, 0.15) is 10.4 Å². The molecule has 3 rings (SSSR count). The molecule has 3 aromatic rings. The Hall–Kier alpha value is -2.43. The second-order valence-corrected chi connectivity index (χ2v) is 6.10. The van der Waals surface area contributed by atoms with E-state index in [0.717, 1.165) is 17.2 Å². The van der Waals surface area contributed by atoms with Crippen molar-refractivity contribution in [3.8, 4) is 11.1 Å². The summed E-state index contributed by atoms with van der Waals surface area (Å²) in [6.45, 7) is 0. The first kappa shape index (κ1) is 17.4. The summed E-state index contributed by atoms with van der Waals surface area (Å²) in [6, 6.07) is 15.3. The van der Waals surface area contributed by atoms with Crippen molar-refractivity contribution in [3.05, 3.63) is 87.9 Å². The van der Waals surface area contributed by atoms with Crippen LogP contribution in [0.2, 0.25) is 10.0 Å². The molecule has 0 spiro atoms. The molecule has 25 heavy (non-hydrogen) atoms. The lowest BCUT2D eigenvalue weighted by Gasteiger charge is -2.09. The fraction of sp³-hybridized carbons (Fsp3) is 0. The van der Waals surface area contributed by atoms with Gasteiger partial charge in [-0.3, -0.25) is 4.79 Å². The van der Waals surface area contributed by atoms with Gasteiger partial charge in [-0.25, -0.2) is 8.78 Å². The van der Waals surface area contributed by atoms with Gasteiger partial charge in [0.1, 0.15) is 0 Å². The third kappa shape index (κ3) is 3.81. The Balaban J connectivity index is 1.82. The lowest BCUT2D eigenvalue weighted by molar-refractivity contribution is 0.102. The number of hydrogen-bond donors (Lipinski definition) is 1. The van der Waals surface area contributed by atoms with Gasteiger partial charge in [-0.15, -0.1) is 0 Å². The van der Waals surface area contributed by atoms with Crippen LogP contribution < -0.4 is 5.32 Å². The minimum absolute atomic E-state index is 0.359. The fourth-order valence-electron chi connectivity index (χ4n) is 2.33. The molecule has 0 radical (unpaired) electrons. The summed E-state index contributed by atoms with van der Waals surface area (Å²) in [5.41, 5.74) is 1.64. The number of hydrogen-bond acceptors (Lipinski definition) is 1. The lowest BCUT2D eigenvalue weighted by atomic mass is 10.1. The van der Waals surface area contributed by atoms with E-state index in [9.17, 15) is 13.6 Å². The summed E-state index contributed by atoms with van der Waals surface area (Å²) in [6.07, 6.45) is 0. The van der Waals surface area contributed by atoms with E-state index in [2.05, 4.69) is 5.32 Å². The number of anilines is 1. The maximum atomic E-state index is 13.7. The first-order valence-electron chi connectivity index (χ1n) is 7.26. The molecule has 0 saturated carbocycles. The summed E-state index contributed by atoms with van der Waals surface area (Å²) < 4.78 is 26.9. The van der Waals surface area contributed by atoms with Crippen molar-refractivity contribution < 1.29 is 13.6 Å². The Labute approximate surface area is 153 Å². The van der Waals surface area contributed by atoms with Crippen molar-refractivity contribution in [2.24, 2.45) is 0 Å². The molecular formula is C19H11Cl2F2NO. The lowest BCUT2D eigenvalue weighted by Crippen LogP contribution is -2.14. The fourth-order valence-corrected chi connectivity index (χ4v) is 2.73. The first-order valence-corrected chi connectivity index (χ1v) is 8.02. The molecule has 0 unspecified atom stereocenters. The monoisotopic (exact) mass is 377 g/mol. The van der Waals surface area contributed by atoms with Gasteiger partial charge in [-0.1, -0.05) is 41.4 Å². The highest BCUT2D eigenvalue weighted by Gasteiger charge is 2.15. The average Bonchev–Trinajstić information content (AvgIpc) is 2.60. The molecule has 1 amide bonds. The quantitative estimate of drug-likeness (QED) is 0.579. The number of halogens is 4. The average molecular weight is 378 g/mol. The summed E-state index contributed by atoms with van der Waals surface area (Å²) in [4.78, 5) is 12.1. The van der Waals surface area contributed by atoms with Gasteiger partial charge in [0.2, 0.25) is 0 Å². The second kappa shape index (κ2) is 7.21. The second-order valence-electron chi connectivity index (χ2n) is 5.26. The molecule has 0 aliphatic carbocycles. The van der Waals surface area contributed by atoms with E-state index in [1.165, 1.54) is 12.1 Å². The molecule has 0 aromatic heterocycles. The molecule has 0 atom stereocenters. The Morgan fingerprint density at radius 1 is 0.920 bits per heavy atom. The summed E-state index contributed by atoms with van der Waals surface area (Å²) in [5, 5.41) is 3.62. The Bertz CT molecular complexity index is 943. The number of nitrogens with one attached hydrogen (secondary N) is 1. The molecule has 0 saturated heterocycles. The van der Waals surface area contributed by atoms with E-state index in [4.69, 9.17) is 23.2 Å². The third-order valence-electron chi connectivity index (χ3n) is 3.58. The minimum atomic E-state index is -1.18. The molecular weight excluding hydrogens is 367 g/mol. The van der Waals surface area contributed by atoms with Gasteiger partial charge < -0.3 is 5.32 Å². The number of carbonyl (C=O) groups is 1. The zero-order chi connectivity index (χ0) is 18.0. The van der Waals surface area contributed by atoms with Crippen LogP contribution in [0.5, 0.6) is 0 Å². The van der Waals surface area contributed by atoms with Crippen molar-refractivity contribution in [1.82, 2.24) is 0 Å². The summed E-state index contributed by atoms with van der Waals surface area (Å²) in [7, 11) is 0. The van der Waals surface area contributed by atoms with Crippen molar-refractivity contribution in [1.29, 1.82) is 0 Å². The van der Waals surface area contributed by atoms with E-state index >= 15 is 0 Å². The van der Waals surface area contributed by atoms with Gasteiger partial charge in [0.05, 0.1) is 5.56 Å². The Kier molecular flexibility index (Phi) is 5.02. The Morgan fingerprint density at radius 3 is 2.36 bits per heavy atom. The number of rotatable bonds is 3. The van der Waals surface area contributed by atoms with Crippen LogP contribution in [0.4, 0.5) is 14.5 Å². The van der Waals surface area contributed by atoms with E-state index in [1.807, 2.05) is 0 Å². The van der Waals surface area contributed by atoms with Crippen molar-refractivity contribution in [2.45, 2.75) is 0 Å². The summed E-state index contributed by atoms with van der Waals surface area (Å²) >= 11 is 12.1. The van der Waals surface area contributed by atoms with Crippen molar-refractivity contribution in [3.63, 3.8) is 0 Å². The van der Waals surface area contributed by atoms with Gasteiger partial charge in [0.25, 0.3) is 5.91 Å². The molecule has 0 bridgehead atoms. The van der Waals surface area contributed by atoms with Crippen LogP contribution in [0.15, 0.2) is 60.7 Å². The predicted octanol–water partition coefficient (Wildman–Crippen LogP) is 6.19. The molecule has 0 aliphatic heterocycles. The number of carbonyl (C=O) groups excluding carboxylic acids is 1. The van der Waals surface area contributed by atoms with E-state index in [0.29, 0.717) is 15.7 Å². The Morgan fingerprint density at radius 2 is 1.64 bits per heavy atom. The first-order chi connectivity index (χ1) is 12.0. The molecule has 6 heteroatoms. The van der Waals surface area contributed by atoms with Crippen LogP contribution in [0.3, 0.4) is 0 Å². The zero-order valence-corrected chi connectivity index (χ0v) is 14.2. The minimum Gasteiger partial charge on any atom is -0.322 e. The van der Waals surface area contributed by atoms with E-state index in [1.54, 1.807) is 42.5 Å². The predicted molar refractivity (Wildman–Crippen MR) is 96.2 cm³/mol. The van der Waals surface area contributed by atoms with Crippen LogP contribution in [0, 0.1) is 11.6 Å². The highest BCUT2D eigenvalue weighted by atomic mass is 35.5. The van der Waals surface area contributed by atoms with Crippen LogP contribution in [-0.4, -0.2) is 5.91 Å². The van der Waals surface area contributed by atoms with Gasteiger partial charge in [-0.05, 0) is 48.0 Å². The SMILES string of the molecule is O=C(Nc1ccc(-c2cc(Cl)ccc2Cl)cc1)c1cccc(F)c1F. The molecule has 1 N–H and O–H groups in total. The largest absolute Gasteiger partial charge is 0.322 e. The zero-order valence-electron chi connectivity index (χ0n) is 12.7. The topological polar surface area (TPSA) is 29.1 Å². The number of amides is 1. The standard InChI is InChI=1S/C19H11Cl2F2NO/c20-12-6-9-16(21)15(10-12)11-4-7-13(8-5-11)24-19(25)14-2-1-3-17(22)18(14)23/h1-10H,(H,24,25). The van der Waals surface area contributed by atoms with Crippen LogP contribution in [0.25, 0.3) is 11.1 Å². The van der Waals surface area contributed by atoms with Gasteiger partial charge in [-0.2, -0.15) is 0 Å².